The van der Waals surface area contributed by atoms with Gasteiger partial charge >= 0.3 is 0 Å². The minimum Gasteiger partial charge on any atom is -0.123 e. The molecule has 0 saturated heterocycles. The van der Waals surface area contributed by atoms with E-state index < -0.39 is 0 Å². The number of benzene rings is 1. The van der Waals surface area contributed by atoms with E-state index in [0.717, 1.165) is 36.3 Å². The van der Waals surface area contributed by atoms with Gasteiger partial charge in [-0.25, -0.2) is 0 Å². The fourth-order valence-electron chi connectivity index (χ4n) is 1.44. The van der Waals surface area contributed by atoms with Crippen LogP contribution in [-0.4, -0.2) is 5.38 Å². The lowest BCUT2D eigenvalue weighted by Crippen LogP contribution is -1.97. The van der Waals surface area contributed by atoms with Crippen LogP contribution >= 0.6 is 34.8 Å². The van der Waals surface area contributed by atoms with Crippen LogP contribution in [0.1, 0.15) is 31.7 Å². The Bertz CT molecular complexity index is 310. The van der Waals surface area contributed by atoms with Gasteiger partial charge in [0.15, 0.2) is 0 Å². The quantitative estimate of drug-likeness (QED) is 0.631. The predicted octanol–water partition coefficient (Wildman–Crippen LogP) is 5.33. The van der Waals surface area contributed by atoms with Crippen molar-refractivity contribution in [1.29, 1.82) is 0 Å². The highest BCUT2D eigenvalue weighted by atomic mass is 35.5. The molecule has 0 N–H and O–H groups in total. The van der Waals surface area contributed by atoms with Crippen molar-refractivity contribution in [3.63, 3.8) is 0 Å². The molecule has 0 fully saturated rings. The number of hydrogen-bond donors (Lipinski definition) is 0. The summed E-state index contributed by atoms with van der Waals surface area (Å²) in [5.41, 5.74) is 1.15. The maximum atomic E-state index is 6.06. The Hall–Kier alpha value is 0.0900. The van der Waals surface area contributed by atoms with Crippen LogP contribution in [0.5, 0.6) is 0 Å². The molecule has 1 aromatic carbocycles. The Morgan fingerprint density at radius 3 is 2.60 bits per heavy atom. The third kappa shape index (κ3) is 4.63. The van der Waals surface area contributed by atoms with Crippen LogP contribution < -0.4 is 0 Å². The zero-order valence-corrected chi connectivity index (χ0v) is 11.0. The highest BCUT2D eigenvalue weighted by Gasteiger charge is 2.04. The maximum absolute atomic E-state index is 6.06. The molecule has 0 amide bonds. The van der Waals surface area contributed by atoms with Gasteiger partial charge in [-0.2, -0.15) is 0 Å². The molecule has 1 unspecified atom stereocenters. The number of halogens is 3. The van der Waals surface area contributed by atoms with Gasteiger partial charge in [-0.3, -0.25) is 0 Å². The molecule has 0 spiro atoms. The number of rotatable bonds is 5. The summed E-state index contributed by atoms with van der Waals surface area (Å²) in [6.45, 7) is 2.10. The van der Waals surface area contributed by atoms with E-state index in [9.17, 15) is 0 Å². The summed E-state index contributed by atoms with van der Waals surface area (Å²) < 4.78 is 0. The fourth-order valence-corrected chi connectivity index (χ4v) is 2.10. The summed E-state index contributed by atoms with van der Waals surface area (Å²) >= 11 is 17.9. The van der Waals surface area contributed by atoms with E-state index in [0.29, 0.717) is 5.02 Å². The summed E-state index contributed by atoms with van der Waals surface area (Å²) in [5, 5.41) is 1.73. The van der Waals surface area contributed by atoms with E-state index in [1.54, 1.807) is 6.07 Å². The second kappa shape index (κ2) is 6.62. The van der Waals surface area contributed by atoms with Crippen molar-refractivity contribution in [1.82, 2.24) is 0 Å². The average molecular weight is 266 g/mol. The Kier molecular flexibility index (Phi) is 5.81. The molecule has 0 aliphatic carbocycles. The number of alkyl halides is 1. The van der Waals surface area contributed by atoms with Crippen LogP contribution in [0, 0.1) is 0 Å². The van der Waals surface area contributed by atoms with Gasteiger partial charge in [0.2, 0.25) is 0 Å². The van der Waals surface area contributed by atoms with E-state index in [-0.39, 0.29) is 5.38 Å². The first kappa shape index (κ1) is 13.2. The first-order valence-electron chi connectivity index (χ1n) is 5.21. The van der Waals surface area contributed by atoms with E-state index >= 15 is 0 Å². The number of hydrogen-bond acceptors (Lipinski definition) is 0. The van der Waals surface area contributed by atoms with Gasteiger partial charge in [0, 0.05) is 15.4 Å². The van der Waals surface area contributed by atoms with Gasteiger partial charge < -0.3 is 0 Å². The molecule has 0 bridgehead atoms. The fraction of sp³-hybridized carbons (Fsp3) is 0.500. The topological polar surface area (TPSA) is 0 Å². The molecule has 0 heterocycles. The van der Waals surface area contributed by atoms with Gasteiger partial charge in [0.25, 0.3) is 0 Å². The second-order valence-corrected chi connectivity index (χ2v) is 5.09. The van der Waals surface area contributed by atoms with E-state index in [1.165, 1.54) is 0 Å². The van der Waals surface area contributed by atoms with E-state index in [1.807, 2.05) is 12.1 Å². The Balaban J connectivity index is 2.44. The lowest BCUT2D eigenvalue weighted by atomic mass is 10.1. The van der Waals surface area contributed by atoms with Crippen LogP contribution in [-0.2, 0) is 6.42 Å². The van der Waals surface area contributed by atoms with Crippen molar-refractivity contribution in [2.45, 2.75) is 38.0 Å². The average Bonchev–Trinajstić information content (AvgIpc) is 2.21. The zero-order valence-electron chi connectivity index (χ0n) is 8.77. The van der Waals surface area contributed by atoms with Crippen LogP contribution in [0.3, 0.4) is 0 Å². The first-order chi connectivity index (χ1) is 7.13. The minimum atomic E-state index is 0.288. The Labute approximate surface area is 107 Å². The van der Waals surface area contributed by atoms with Crippen LogP contribution in [0.4, 0.5) is 0 Å². The molecule has 0 aliphatic rings. The molecule has 15 heavy (non-hydrogen) atoms. The summed E-state index contributed by atoms with van der Waals surface area (Å²) in [6.07, 6.45) is 4.11. The molecular weight excluding hydrogens is 250 g/mol. The van der Waals surface area contributed by atoms with E-state index in [4.69, 9.17) is 34.8 Å². The molecule has 1 rings (SSSR count). The normalized spacial score (nSPS) is 12.8. The van der Waals surface area contributed by atoms with Crippen molar-refractivity contribution in [2.24, 2.45) is 0 Å². The molecule has 84 valence electrons. The van der Waals surface area contributed by atoms with E-state index in [2.05, 4.69) is 6.92 Å². The summed E-state index contributed by atoms with van der Waals surface area (Å²) in [6, 6.07) is 5.65. The van der Waals surface area contributed by atoms with Crippen molar-refractivity contribution in [3.8, 4) is 0 Å². The summed E-state index contributed by atoms with van der Waals surface area (Å²) in [4.78, 5) is 0. The highest BCUT2D eigenvalue weighted by Crippen LogP contribution is 2.23. The lowest BCUT2D eigenvalue weighted by molar-refractivity contribution is 0.675. The first-order valence-corrected chi connectivity index (χ1v) is 6.40. The Morgan fingerprint density at radius 1 is 1.27 bits per heavy atom. The molecule has 1 atom stereocenters. The van der Waals surface area contributed by atoms with Crippen LogP contribution in [0.2, 0.25) is 10.0 Å². The molecule has 0 radical (unpaired) electrons. The molecule has 0 saturated carbocycles. The van der Waals surface area contributed by atoms with Crippen molar-refractivity contribution >= 4 is 34.8 Å². The van der Waals surface area contributed by atoms with Crippen molar-refractivity contribution < 1.29 is 0 Å². The van der Waals surface area contributed by atoms with Crippen molar-refractivity contribution in [3.05, 3.63) is 33.8 Å². The lowest BCUT2D eigenvalue weighted by Gasteiger charge is -2.07. The van der Waals surface area contributed by atoms with Gasteiger partial charge in [-0.05, 0) is 43.4 Å². The summed E-state index contributed by atoms with van der Waals surface area (Å²) in [7, 11) is 0. The van der Waals surface area contributed by atoms with Gasteiger partial charge in [-0.15, -0.1) is 11.6 Å². The largest absolute Gasteiger partial charge is 0.123 e. The molecule has 1 aromatic rings. The molecule has 0 aromatic heterocycles. The molecule has 3 heteroatoms. The smallest absolute Gasteiger partial charge is 0.0452 e. The standard InChI is InChI=1S/C12H15Cl3/c1-2-10(13)5-3-4-9-6-7-11(14)8-12(9)15/h6-8,10H,2-5H2,1H3. The third-order valence-corrected chi connectivity index (χ3v) is 3.54. The predicted molar refractivity (Wildman–Crippen MR) is 69.3 cm³/mol. The van der Waals surface area contributed by atoms with Gasteiger partial charge in [-0.1, -0.05) is 36.2 Å². The molecule has 0 aliphatic heterocycles. The summed E-state index contributed by atoms with van der Waals surface area (Å²) in [5.74, 6) is 0. The minimum absolute atomic E-state index is 0.288. The molecular formula is C12H15Cl3. The maximum Gasteiger partial charge on any atom is 0.0452 e. The van der Waals surface area contributed by atoms with Gasteiger partial charge in [0.1, 0.15) is 0 Å². The van der Waals surface area contributed by atoms with Crippen molar-refractivity contribution in [2.75, 3.05) is 0 Å². The molecule has 0 nitrogen and oxygen atoms in total. The second-order valence-electron chi connectivity index (χ2n) is 3.63. The Morgan fingerprint density at radius 2 is 2.00 bits per heavy atom. The van der Waals surface area contributed by atoms with Crippen LogP contribution in [0.25, 0.3) is 0 Å². The third-order valence-electron chi connectivity index (χ3n) is 2.42. The zero-order chi connectivity index (χ0) is 11.3. The monoisotopic (exact) mass is 264 g/mol. The number of aryl methyl sites for hydroxylation is 1. The van der Waals surface area contributed by atoms with Crippen LogP contribution in [0.15, 0.2) is 18.2 Å². The van der Waals surface area contributed by atoms with Gasteiger partial charge in [0.05, 0.1) is 0 Å². The highest BCUT2D eigenvalue weighted by molar-refractivity contribution is 6.35. The SMILES string of the molecule is CCC(Cl)CCCc1ccc(Cl)cc1Cl.